The van der Waals surface area contributed by atoms with Crippen molar-refractivity contribution in [2.45, 2.75) is 13.8 Å². The van der Waals surface area contributed by atoms with Gasteiger partial charge in [0.05, 0.1) is 0 Å². The Morgan fingerprint density at radius 2 is 1.67 bits per heavy atom. The molecule has 0 aliphatic rings. The van der Waals surface area contributed by atoms with Crippen LogP contribution in [0, 0.1) is 13.8 Å². The van der Waals surface area contributed by atoms with E-state index in [4.69, 9.17) is 18.0 Å². The van der Waals surface area contributed by atoms with Crippen LogP contribution in [0.4, 0.5) is 11.4 Å². The molecule has 0 aliphatic heterocycles. The predicted molar refractivity (Wildman–Crippen MR) is 81.5 cm³/mol. The fraction of sp³-hybridized carbons (Fsp3) is 0.133. The Balaban J connectivity index is 2.37. The molecule has 0 spiro atoms. The van der Waals surface area contributed by atoms with E-state index in [0.717, 1.165) is 16.9 Å². The van der Waals surface area contributed by atoms with Crippen LogP contribution in [0.5, 0.6) is 0 Å². The number of rotatable bonds is 3. The molecule has 0 radical (unpaired) electrons. The Morgan fingerprint density at radius 3 is 2.28 bits per heavy atom. The Labute approximate surface area is 113 Å². The third kappa shape index (κ3) is 2.87. The second kappa shape index (κ2) is 5.19. The first-order valence-corrected chi connectivity index (χ1v) is 6.21. The molecule has 3 N–H and O–H groups in total. The van der Waals surface area contributed by atoms with Gasteiger partial charge >= 0.3 is 0 Å². The fourth-order valence-corrected chi connectivity index (χ4v) is 2.19. The van der Waals surface area contributed by atoms with Crippen LogP contribution < -0.4 is 11.1 Å². The summed E-state index contributed by atoms with van der Waals surface area (Å²) >= 11 is 5.06. The molecule has 0 unspecified atom stereocenters. The van der Waals surface area contributed by atoms with E-state index < -0.39 is 0 Å². The van der Waals surface area contributed by atoms with E-state index in [2.05, 4.69) is 37.4 Å². The maximum Gasteiger partial charge on any atom is 0.106 e. The van der Waals surface area contributed by atoms with Gasteiger partial charge in [0.2, 0.25) is 0 Å². The van der Waals surface area contributed by atoms with Crippen molar-refractivity contribution >= 4 is 28.6 Å². The van der Waals surface area contributed by atoms with Gasteiger partial charge in [0.25, 0.3) is 0 Å². The SMILES string of the molecule is Cc1cc(C)cc(Nc2ccccc2C(N)=S)c1. The van der Waals surface area contributed by atoms with Crippen LogP contribution in [-0.4, -0.2) is 4.99 Å². The number of nitrogens with two attached hydrogens (primary N) is 1. The molecule has 92 valence electrons. The monoisotopic (exact) mass is 256 g/mol. The van der Waals surface area contributed by atoms with E-state index >= 15 is 0 Å². The van der Waals surface area contributed by atoms with Gasteiger partial charge in [-0.2, -0.15) is 0 Å². The molecule has 0 saturated carbocycles. The topological polar surface area (TPSA) is 38.0 Å². The molecule has 2 aromatic carbocycles. The lowest BCUT2D eigenvalue weighted by atomic mass is 10.1. The van der Waals surface area contributed by atoms with Gasteiger partial charge in [-0.05, 0) is 49.2 Å². The summed E-state index contributed by atoms with van der Waals surface area (Å²) in [6.45, 7) is 4.16. The predicted octanol–water partition coefficient (Wildman–Crippen LogP) is 3.68. The van der Waals surface area contributed by atoms with Crippen molar-refractivity contribution in [3.05, 3.63) is 59.2 Å². The third-order valence-corrected chi connectivity index (χ3v) is 2.91. The second-order valence-electron chi connectivity index (χ2n) is 4.41. The van der Waals surface area contributed by atoms with Crippen molar-refractivity contribution in [2.24, 2.45) is 5.73 Å². The zero-order valence-electron chi connectivity index (χ0n) is 10.5. The Kier molecular flexibility index (Phi) is 3.63. The lowest BCUT2D eigenvalue weighted by Gasteiger charge is -2.12. The van der Waals surface area contributed by atoms with E-state index in [1.807, 2.05) is 24.3 Å². The highest BCUT2D eigenvalue weighted by molar-refractivity contribution is 7.80. The van der Waals surface area contributed by atoms with E-state index in [-0.39, 0.29) is 0 Å². The summed E-state index contributed by atoms with van der Waals surface area (Å²) in [6, 6.07) is 14.1. The highest BCUT2D eigenvalue weighted by Gasteiger charge is 2.04. The molecular weight excluding hydrogens is 240 g/mol. The maximum absolute atomic E-state index is 5.72. The summed E-state index contributed by atoms with van der Waals surface area (Å²) in [6.07, 6.45) is 0. The van der Waals surface area contributed by atoms with E-state index in [0.29, 0.717) is 4.99 Å². The van der Waals surface area contributed by atoms with Gasteiger partial charge in [-0.1, -0.05) is 30.4 Å². The van der Waals surface area contributed by atoms with Gasteiger partial charge in [0.15, 0.2) is 0 Å². The molecule has 3 heteroatoms. The van der Waals surface area contributed by atoms with Crippen LogP contribution in [-0.2, 0) is 0 Å². The molecule has 2 nitrogen and oxygen atoms in total. The number of aryl methyl sites for hydroxylation is 2. The number of thiocarbonyl (C=S) groups is 1. The number of anilines is 2. The molecule has 0 aromatic heterocycles. The van der Waals surface area contributed by atoms with Gasteiger partial charge in [0, 0.05) is 16.9 Å². The van der Waals surface area contributed by atoms with Crippen molar-refractivity contribution in [2.75, 3.05) is 5.32 Å². The summed E-state index contributed by atoms with van der Waals surface area (Å²) < 4.78 is 0. The first-order chi connectivity index (χ1) is 8.56. The van der Waals surface area contributed by atoms with Crippen molar-refractivity contribution in [3.63, 3.8) is 0 Å². The van der Waals surface area contributed by atoms with E-state index in [1.54, 1.807) is 0 Å². The smallest absolute Gasteiger partial charge is 0.106 e. The molecule has 0 saturated heterocycles. The standard InChI is InChI=1S/C15H16N2S/c1-10-7-11(2)9-12(8-10)17-14-6-4-3-5-13(14)15(16)18/h3-9,17H,1-2H3,(H2,16,18). The molecule has 2 aromatic rings. The summed E-state index contributed by atoms with van der Waals surface area (Å²) in [5.41, 5.74) is 11.0. The molecule has 0 atom stereocenters. The Hall–Kier alpha value is -1.87. The normalized spacial score (nSPS) is 10.1. The summed E-state index contributed by atoms with van der Waals surface area (Å²) in [5, 5.41) is 3.37. The van der Waals surface area contributed by atoms with Crippen LogP contribution >= 0.6 is 12.2 Å². The van der Waals surface area contributed by atoms with Crippen molar-refractivity contribution < 1.29 is 0 Å². The van der Waals surface area contributed by atoms with Crippen molar-refractivity contribution in [1.82, 2.24) is 0 Å². The number of benzene rings is 2. The second-order valence-corrected chi connectivity index (χ2v) is 4.85. The van der Waals surface area contributed by atoms with E-state index in [9.17, 15) is 0 Å². The van der Waals surface area contributed by atoms with Crippen LogP contribution in [0.25, 0.3) is 0 Å². The van der Waals surface area contributed by atoms with Crippen LogP contribution in [0.3, 0.4) is 0 Å². The zero-order chi connectivity index (χ0) is 13.1. The molecule has 0 aliphatic carbocycles. The average Bonchev–Trinajstić information content (AvgIpc) is 2.27. The van der Waals surface area contributed by atoms with Crippen LogP contribution in [0.15, 0.2) is 42.5 Å². The Morgan fingerprint density at radius 1 is 1.06 bits per heavy atom. The lowest BCUT2D eigenvalue weighted by molar-refractivity contribution is 1.37. The minimum Gasteiger partial charge on any atom is -0.389 e. The maximum atomic E-state index is 5.72. The van der Waals surface area contributed by atoms with Gasteiger partial charge in [-0.15, -0.1) is 0 Å². The molecule has 18 heavy (non-hydrogen) atoms. The molecule has 0 heterocycles. The largest absolute Gasteiger partial charge is 0.389 e. The van der Waals surface area contributed by atoms with Crippen LogP contribution in [0.2, 0.25) is 0 Å². The zero-order valence-corrected chi connectivity index (χ0v) is 11.3. The third-order valence-electron chi connectivity index (χ3n) is 2.69. The minimum absolute atomic E-state index is 0.405. The number of hydrogen-bond donors (Lipinski definition) is 2. The van der Waals surface area contributed by atoms with Crippen LogP contribution in [0.1, 0.15) is 16.7 Å². The number of para-hydroxylation sites is 1. The summed E-state index contributed by atoms with van der Waals surface area (Å²) in [7, 11) is 0. The lowest BCUT2D eigenvalue weighted by Crippen LogP contribution is -2.11. The molecule has 0 fully saturated rings. The van der Waals surface area contributed by atoms with Gasteiger partial charge in [0.1, 0.15) is 4.99 Å². The van der Waals surface area contributed by atoms with Gasteiger partial charge in [-0.3, -0.25) is 0 Å². The summed E-state index contributed by atoms with van der Waals surface area (Å²) in [4.78, 5) is 0.405. The fourth-order valence-electron chi connectivity index (χ4n) is 2.01. The van der Waals surface area contributed by atoms with Crippen molar-refractivity contribution in [3.8, 4) is 0 Å². The van der Waals surface area contributed by atoms with E-state index in [1.165, 1.54) is 11.1 Å². The number of nitrogens with one attached hydrogen (secondary N) is 1. The first-order valence-electron chi connectivity index (χ1n) is 5.80. The summed E-state index contributed by atoms with van der Waals surface area (Å²) in [5.74, 6) is 0. The Bertz CT molecular complexity index is 571. The quantitative estimate of drug-likeness (QED) is 0.823. The molecule has 2 rings (SSSR count). The van der Waals surface area contributed by atoms with Gasteiger partial charge < -0.3 is 11.1 Å². The highest BCUT2D eigenvalue weighted by atomic mass is 32.1. The minimum atomic E-state index is 0.405. The molecule has 0 bridgehead atoms. The average molecular weight is 256 g/mol. The number of hydrogen-bond acceptors (Lipinski definition) is 2. The highest BCUT2D eigenvalue weighted by Crippen LogP contribution is 2.22. The van der Waals surface area contributed by atoms with Gasteiger partial charge in [-0.25, -0.2) is 0 Å². The molecular formula is C15H16N2S. The molecule has 0 amide bonds. The van der Waals surface area contributed by atoms with Crippen molar-refractivity contribution in [1.29, 1.82) is 0 Å². The first kappa shape index (κ1) is 12.6.